The first kappa shape index (κ1) is 13.7. The Morgan fingerprint density at radius 2 is 1.80 bits per heavy atom. The fourth-order valence-electron chi connectivity index (χ4n) is 1.80. The molecule has 3 heteroatoms. The molecule has 20 heavy (non-hydrogen) atoms. The lowest BCUT2D eigenvalue weighted by molar-refractivity contribution is -0.114. The number of nitrogens with two attached hydrogens (primary N) is 1. The van der Waals surface area contributed by atoms with E-state index in [1.807, 2.05) is 49.4 Å². The second-order valence-corrected chi connectivity index (χ2v) is 4.57. The predicted molar refractivity (Wildman–Crippen MR) is 82.3 cm³/mol. The van der Waals surface area contributed by atoms with E-state index < -0.39 is 0 Å². The predicted octanol–water partition coefficient (Wildman–Crippen LogP) is 2.94. The van der Waals surface area contributed by atoms with Crippen molar-refractivity contribution in [2.75, 3.05) is 11.1 Å². The van der Waals surface area contributed by atoms with Crippen LogP contribution in [-0.2, 0) is 4.79 Å². The van der Waals surface area contributed by atoms with E-state index in [4.69, 9.17) is 5.73 Å². The van der Waals surface area contributed by atoms with Crippen LogP contribution in [0.1, 0.15) is 23.6 Å². The van der Waals surface area contributed by atoms with Crippen molar-refractivity contribution < 1.29 is 4.79 Å². The highest BCUT2D eigenvalue weighted by Crippen LogP contribution is 2.15. The van der Waals surface area contributed by atoms with Gasteiger partial charge in [-0.1, -0.05) is 30.0 Å². The van der Waals surface area contributed by atoms with Crippen LogP contribution in [0, 0.1) is 18.8 Å². The fourth-order valence-corrected chi connectivity index (χ4v) is 1.80. The maximum atomic E-state index is 11.2. The summed E-state index contributed by atoms with van der Waals surface area (Å²) in [6.45, 7) is 3.47. The van der Waals surface area contributed by atoms with Gasteiger partial charge in [0.2, 0.25) is 5.91 Å². The zero-order valence-electron chi connectivity index (χ0n) is 11.5. The van der Waals surface area contributed by atoms with E-state index in [0.29, 0.717) is 11.4 Å². The molecule has 2 aromatic rings. The molecule has 1 amide bonds. The van der Waals surface area contributed by atoms with Gasteiger partial charge in [-0.05, 0) is 36.8 Å². The minimum absolute atomic E-state index is 0.116. The van der Waals surface area contributed by atoms with Crippen LogP contribution >= 0.6 is 0 Å². The van der Waals surface area contributed by atoms with E-state index in [1.54, 1.807) is 0 Å². The average Bonchev–Trinajstić information content (AvgIpc) is 2.41. The van der Waals surface area contributed by atoms with Crippen molar-refractivity contribution in [1.82, 2.24) is 0 Å². The summed E-state index contributed by atoms with van der Waals surface area (Å²) in [5.41, 5.74) is 9.93. The summed E-state index contributed by atoms with van der Waals surface area (Å²) >= 11 is 0. The maximum Gasteiger partial charge on any atom is 0.221 e. The van der Waals surface area contributed by atoms with Gasteiger partial charge in [-0.15, -0.1) is 0 Å². The van der Waals surface area contributed by atoms with Crippen molar-refractivity contribution in [1.29, 1.82) is 0 Å². The highest BCUT2D eigenvalue weighted by molar-refractivity contribution is 5.90. The number of amides is 1. The summed E-state index contributed by atoms with van der Waals surface area (Å²) < 4.78 is 0. The Bertz CT molecular complexity index is 708. The Balaban J connectivity index is 2.38. The average molecular weight is 264 g/mol. The molecule has 3 nitrogen and oxygen atoms in total. The molecule has 0 unspecified atom stereocenters. The molecular formula is C17H16N2O. The largest absolute Gasteiger partial charge is 0.398 e. The van der Waals surface area contributed by atoms with E-state index in [2.05, 4.69) is 17.2 Å². The number of nitrogen functional groups attached to an aromatic ring is 1. The third-order valence-corrected chi connectivity index (χ3v) is 2.78. The van der Waals surface area contributed by atoms with Crippen molar-refractivity contribution in [3.63, 3.8) is 0 Å². The summed E-state index contributed by atoms with van der Waals surface area (Å²) in [6, 6.07) is 13.2. The van der Waals surface area contributed by atoms with Gasteiger partial charge >= 0.3 is 0 Å². The van der Waals surface area contributed by atoms with Crippen molar-refractivity contribution in [3.05, 3.63) is 59.2 Å². The molecule has 0 aliphatic carbocycles. The highest BCUT2D eigenvalue weighted by Gasteiger charge is 2.00. The molecule has 0 atom stereocenters. The van der Waals surface area contributed by atoms with Crippen LogP contribution in [0.3, 0.4) is 0 Å². The van der Waals surface area contributed by atoms with Crippen LogP contribution in [0.4, 0.5) is 11.4 Å². The Hall–Kier alpha value is -2.73. The summed E-state index contributed by atoms with van der Waals surface area (Å²) in [5, 5.41) is 2.76. The second kappa shape index (κ2) is 5.94. The number of anilines is 2. The van der Waals surface area contributed by atoms with E-state index in [0.717, 1.165) is 16.7 Å². The van der Waals surface area contributed by atoms with Gasteiger partial charge in [0.15, 0.2) is 0 Å². The number of carbonyl (C=O) groups is 1. The molecule has 0 aliphatic heterocycles. The number of hydrogen-bond acceptors (Lipinski definition) is 2. The zero-order valence-corrected chi connectivity index (χ0v) is 11.5. The first-order chi connectivity index (χ1) is 9.56. The van der Waals surface area contributed by atoms with E-state index in [9.17, 15) is 4.79 Å². The van der Waals surface area contributed by atoms with E-state index >= 15 is 0 Å². The van der Waals surface area contributed by atoms with Crippen LogP contribution in [0.5, 0.6) is 0 Å². The number of para-hydroxylation sites is 1. The molecule has 0 saturated carbocycles. The van der Waals surface area contributed by atoms with Gasteiger partial charge in [0.05, 0.1) is 5.69 Å². The summed E-state index contributed by atoms with van der Waals surface area (Å²) in [6.07, 6.45) is 0. The first-order valence-electron chi connectivity index (χ1n) is 6.31. The summed E-state index contributed by atoms with van der Waals surface area (Å²) in [7, 11) is 0. The first-order valence-corrected chi connectivity index (χ1v) is 6.31. The Kier molecular flexibility index (Phi) is 4.07. The van der Waals surface area contributed by atoms with Gasteiger partial charge in [-0.3, -0.25) is 4.79 Å². The number of benzene rings is 2. The van der Waals surface area contributed by atoms with Crippen molar-refractivity contribution in [2.45, 2.75) is 13.8 Å². The highest BCUT2D eigenvalue weighted by atomic mass is 16.1. The van der Waals surface area contributed by atoms with Crippen LogP contribution in [0.15, 0.2) is 42.5 Å². The lowest BCUT2D eigenvalue weighted by Gasteiger charge is -2.04. The molecule has 0 fully saturated rings. The van der Waals surface area contributed by atoms with Crippen LogP contribution in [0.25, 0.3) is 0 Å². The molecule has 0 bridgehead atoms. The Morgan fingerprint density at radius 3 is 2.55 bits per heavy atom. The molecule has 0 heterocycles. The van der Waals surface area contributed by atoms with Crippen LogP contribution in [0.2, 0.25) is 0 Å². The van der Waals surface area contributed by atoms with Crippen molar-refractivity contribution in [3.8, 4) is 11.8 Å². The lowest BCUT2D eigenvalue weighted by atomic mass is 10.1. The quantitative estimate of drug-likeness (QED) is 0.614. The van der Waals surface area contributed by atoms with Gasteiger partial charge in [0.25, 0.3) is 0 Å². The number of carbonyl (C=O) groups excluding carboxylic acids is 1. The summed E-state index contributed by atoms with van der Waals surface area (Å²) in [4.78, 5) is 11.2. The van der Waals surface area contributed by atoms with Crippen molar-refractivity contribution >= 4 is 17.3 Å². The molecule has 0 aliphatic rings. The summed E-state index contributed by atoms with van der Waals surface area (Å²) in [5.74, 6) is 6.00. The molecular weight excluding hydrogens is 248 g/mol. The number of aryl methyl sites for hydroxylation is 1. The monoisotopic (exact) mass is 264 g/mol. The number of rotatable bonds is 1. The van der Waals surface area contributed by atoms with Crippen LogP contribution in [-0.4, -0.2) is 5.91 Å². The van der Waals surface area contributed by atoms with Gasteiger partial charge < -0.3 is 11.1 Å². The Morgan fingerprint density at radius 1 is 1.10 bits per heavy atom. The van der Waals surface area contributed by atoms with Crippen molar-refractivity contribution in [2.24, 2.45) is 0 Å². The normalized spacial score (nSPS) is 9.50. The smallest absolute Gasteiger partial charge is 0.221 e. The molecule has 2 aromatic carbocycles. The van der Waals surface area contributed by atoms with Gasteiger partial charge in [-0.25, -0.2) is 0 Å². The SMILES string of the molecule is CC(=O)Nc1ccccc1C#Cc1cc(C)ccc1N. The standard InChI is InChI=1S/C17H16N2O/c1-12-7-10-16(18)15(11-12)9-8-14-5-3-4-6-17(14)19-13(2)20/h3-7,10-11H,18H2,1-2H3,(H,19,20). The maximum absolute atomic E-state index is 11.2. The molecule has 0 radical (unpaired) electrons. The third-order valence-electron chi connectivity index (χ3n) is 2.78. The van der Waals surface area contributed by atoms with Gasteiger partial charge in [-0.2, -0.15) is 0 Å². The van der Waals surface area contributed by atoms with E-state index in [-0.39, 0.29) is 5.91 Å². The molecule has 3 N–H and O–H groups in total. The number of hydrogen-bond donors (Lipinski definition) is 2. The fraction of sp³-hybridized carbons (Fsp3) is 0.118. The lowest BCUT2D eigenvalue weighted by Crippen LogP contribution is -2.06. The molecule has 0 saturated heterocycles. The topological polar surface area (TPSA) is 55.1 Å². The Labute approximate surface area is 118 Å². The minimum Gasteiger partial charge on any atom is -0.398 e. The molecule has 0 spiro atoms. The second-order valence-electron chi connectivity index (χ2n) is 4.57. The van der Waals surface area contributed by atoms with Gasteiger partial charge in [0, 0.05) is 23.7 Å². The molecule has 0 aromatic heterocycles. The third kappa shape index (κ3) is 3.39. The molecule has 2 rings (SSSR count). The van der Waals surface area contributed by atoms with Gasteiger partial charge in [0.1, 0.15) is 0 Å². The van der Waals surface area contributed by atoms with E-state index in [1.165, 1.54) is 6.92 Å². The molecule has 100 valence electrons. The zero-order chi connectivity index (χ0) is 14.5. The number of nitrogens with one attached hydrogen (secondary N) is 1. The minimum atomic E-state index is -0.116. The van der Waals surface area contributed by atoms with Crippen LogP contribution < -0.4 is 11.1 Å².